The Bertz CT molecular complexity index is 518. The molecule has 20 heavy (non-hydrogen) atoms. The number of aliphatic carboxylic acids is 1. The summed E-state index contributed by atoms with van der Waals surface area (Å²) in [6, 6.07) is -0.885. The Kier molecular flexibility index (Phi) is 3.95. The molecule has 0 aromatic carbocycles. The van der Waals surface area contributed by atoms with Crippen LogP contribution in [0.5, 0.6) is 0 Å². The average molecular weight is 304 g/mol. The van der Waals surface area contributed by atoms with Crippen LogP contribution >= 0.6 is 0 Å². The van der Waals surface area contributed by atoms with Crippen LogP contribution in [0.15, 0.2) is 0 Å². The second-order valence-electron chi connectivity index (χ2n) is 5.74. The quantitative estimate of drug-likeness (QED) is 0.759. The summed E-state index contributed by atoms with van der Waals surface area (Å²) < 4.78 is 22.8. The predicted molar refractivity (Wildman–Crippen MR) is 72.2 cm³/mol. The van der Waals surface area contributed by atoms with Gasteiger partial charge in [0.25, 0.3) is 0 Å². The molecule has 0 spiro atoms. The lowest BCUT2D eigenvalue weighted by Gasteiger charge is -2.41. The summed E-state index contributed by atoms with van der Waals surface area (Å²) in [5, 5.41) is 12.0. The first-order chi connectivity index (χ1) is 9.24. The fourth-order valence-corrected chi connectivity index (χ4v) is 4.50. The first-order valence-corrected chi connectivity index (χ1v) is 8.59. The van der Waals surface area contributed by atoms with E-state index < -0.39 is 33.4 Å². The van der Waals surface area contributed by atoms with Gasteiger partial charge in [0.05, 0.1) is 11.5 Å². The van der Waals surface area contributed by atoms with Crippen molar-refractivity contribution in [3.63, 3.8) is 0 Å². The molecular weight excluding hydrogens is 284 g/mol. The maximum atomic E-state index is 12.2. The average Bonchev–Trinajstić information content (AvgIpc) is 2.68. The zero-order valence-corrected chi connectivity index (χ0v) is 12.3. The number of carboxylic acids is 1. The van der Waals surface area contributed by atoms with Crippen LogP contribution in [0.3, 0.4) is 0 Å². The van der Waals surface area contributed by atoms with Gasteiger partial charge in [-0.3, -0.25) is 0 Å². The van der Waals surface area contributed by atoms with Crippen LogP contribution in [0.25, 0.3) is 0 Å². The minimum atomic E-state index is -3.07. The molecule has 8 heteroatoms. The zero-order valence-electron chi connectivity index (χ0n) is 11.5. The summed E-state index contributed by atoms with van der Waals surface area (Å²) in [5.41, 5.74) is -1.21. The van der Waals surface area contributed by atoms with Gasteiger partial charge in [-0.1, -0.05) is 0 Å². The number of urea groups is 1. The van der Waals surface area contributed by atoms with E-state index in [4.69, 9.17) is 0 Å². The number of nitrogens with one attached hydrogen (secondary N) is 1. The fourth-order valence-electron chi connectivity index (χ4n) is 2.83. The molecule has 2 atom stereocenters. The lowest BCUT2D eigenvalue weighted by molar-refractivity contribution is -0.150. The molecule has 0 aromatic heterocycles. The molecule has 0 aliphatic carbocycles. The van der Waals surface area contributed by atoms with Crippen molar-refractivity contribution < 1.29 is 23.1 Å². The highest BCUT2D eigenvalue weighted by molar-refractivity contribution is 7.91. The van der Waals surface area contributed by atoms with Crippen molar-refractivity contribution in [2.75, 3.05) is 18.1 Å². The molecule has 2 fully saturated rings. The first kappa shape index (κ1) is 15.1. The number of nitrogens with zero attached hydrogens (tertiary/aromatic N) is 1. The highest BCUT2D eigenvalue weighted by atomic mass is 32.2. The fraction of sp³-hybridized carbons (Fsp3) is 0.833. The predicted octanol–water partition coefficient (Wildman–Crippen LogP) is 0.212. The molecule has 2 amide bonds. The third-order valence-electron chi connectivity index (χ3n) is 4.16. The summed E-state index contributed by atoms with van der Waals surface area (Å²) >= 11 is 0. The largest absolute Gasteiger partial charge is 0.480 e. The van der Waals surface area contributed by atoms with Crippen LogP contribution in [0, 0.1) is 0 Å². The summed E-state index contributed by atoms with van der Waals surface area (Å²) in [5.74, 6) is -1.00. The van der Waals surface area contributed by atoms with Crippen LogP contribution < -0.4 is 5.32 Å². The number of carbonyl (C=O) groups excluding carboxylic acids is 1. The Balaban J connectivity index is 2.06. The number of sulfone groups is 1. The van der Waals surface area contributed by atoms with Crippen LogP contribution in [0.4, 0.5) is 4.79 Å². The van der Waals surface area contributed by atoms with Gasteiger partial charge in [-0.15, -0.1) is 0 Å². The van der Waals surface area contributed by atoms with Gasteiger partial charge in [-0.2, -0.15) is 0 Å². The molecule has 2 saturated heterocycles. The number of hydrogen-bond donors (Lipinski definition) is 2. The van der Waals surface area contributed by atoms with Crippen molar-refractivity contribution in [2.45, 2.75) is 44.2 Å². The van der Waals surface area contributed by atoms with Gasteiger partial charge in [-0.25, -0.2) is 18.0 Å². The van der Waals surface area contributed by atoms with Gasteiger partial charge < -0.3 is 15.3 Å². The van der Waals surface area contributed by atoms with Crippen molar-refractivity contribution in [1.29, 1.82) is 0 Å². The molecule has 2 aliphatic rings. The number of piperidine rings is 1. The van der Waals surface area contributed by atoms with Gasteiger partial charge in [0.2, 0.25) is 0 Å². The minimum absolute atomic E-state index is 0.0592. The topological polar surface area (TPSA) is 104 Å². The monoisotopic (exact) mass is 304 g/mol. The molecule has 2 unspecified atom stereocenters. The molecule has 114 valence electrons. The van der Waals surface area contributed by atoms with Crippen molar-refractivity contribution in [1.82, 2.24) is 10.2 Å². The number of rotatable bonds is 2. The highest BCUT2D eigenvalue weighted by Gasteiger charge is 2.44. The van der Waals surface area contributed by atoms with Crippen molar-refractivity contribution in [3.05, 3.63) is 0 Å². The maximum Gasteiger partial charge on any atom is 0.329 e. The number of carbonyl (C=O) groups is 2. The Morgan fingerprint density at radius 2 is 2.05 bits per heavy atom. The zero-order chi connectivity index (χ0) is 15.0. The number of amides is 2. The van der Waals surface area contributed by atoms with Crippen LogP contribution in [0.1, 0.15) is 32.6 Å². The lowest BCUT2D eigenvalue weighted by Crippen LogP contribution is -2.61. The van der Waals surface area contributed by atoms with E-state index in [9.17, 15) is 23.1 Å². The van der Waals surface area contributed by atoms with E-state index in [0.717, 1.165) is 12.8 Å². The van der Waals surface area contributed by atoms with E-state index in [0.29, 0.717) is 19.4 Å². The van der Waals surface area contributed by atoms with Gasteiger partial charge >= 0.3 is 12.0 Å². The molecule has 2 rings (SSSR count). The normalized spacial score (nSPS) is 32.9. The van der Waals surface area contributed by atoms with Crippen LogP contribution in [-0.2, 0) is 14.6 Å². The Labute approximate surface area is 118 Å². The first-order valence-electron chi connectivity index (χ1n) is 6.76. The van der Waals surface area contributed by atoms with E-state index in [1.165, 1.54) is 4.90 Å². The second kappa shape index (κ2) is 5.23. The second-order valence-corrected chi connectivity index (χ2v) is 7.97. The van der Waals surface area contributed by atoms with Gasteiger partial charge in [0.1, 0.15) is 5.54 Å². The molecule has 2 heterocycles. The molecule has 0 aromatic rings. The highest BCUT2D eigenvalue weighted by Crippen LogP contribution is 2.28. The van der Waals surface area contributed by atoms with Crippen molar-refractivity contribution in [3.8, 4) is 0 Å². The summed E-state index contributed by atoms with van der Waals surface area (Å²) in [4.78, 5) is 25.0. The molecule has 2 N–H and O–H groups in total. The smallest absolute Gasteiger partial charge is 0.329 e. The Morgan fingerprint density at radius 3 is 2.60 bits per heavy atom. The molecule has 0 saturated carbocycles. The van der Waals surface area contributed by atoms with Crippen LogP contribution in [-0.4, -0.2) is 60.1 Å². The van der Waals surface area contributed by atoms with E-state index in [1.54, 1.807) is 6.92 Å². The number of carboxylic acid groups (broad SMARTS) is 1. The number of hydrogen-bond acceptors (Lipinski definition) is 4. The van der Waals surface area contributed by atoms with Crippen LogP contribution in [0.2, 0.25) is 0 Å². The van der Waals surface area contributed by atoms with Gasteiger partial charge in [0, 0.05) is 12.6 Å². The Morgan fingerprint density at radius 1 is 1.35 bits per heavy atom. The summed E-state index contributed by atoms with van der Waals surface area (Å²) in [6.45, 7) is 1.92. The third kappa shape index (κ3) is 2.89. The van der Waals surface area contributed by atoms with E-state index in [2.05, 4.69) is 5.32 Å². The standard InChI is InChI=1S/C12H20N2O5S/c1-12(10(15)16)5-2-3-6-14(12)11(17)13-9-4-7-20(18,19)8-9/h9H,2-8H2,1H3,(H,13,17)(H,15,16). The van der Waals surface area contributed by atoms with Crippen molar-refractivity contribution >= 4 is 21.8 Å². The lowest BCUT2D eigenvalue weighted by atomic mass is 9.89. The molecule has 0 radical (unpaired) electrons. The summed E-state index contributed by atoms with van der Waals surface area (Å²) in [6.07, 6.45) is 2.34. The van der Waals surface area contributed by atoms with E-state index >= 15 is 0 Å². The SMILES string of the molecule is CC1(C(=O)O)CCCCN1C(=O)NC1CCS(=O)(=O)C1. The molecular formula is C12H20N2O5S. The van der Waals surface area contributed by atoms with Crippen molar-refractivity contribution in [2.24, 2.45) is 0 Å². The summed E-state index contributed by atoms with van der Waals surface area (Å²) in [7, 11) is -3.07. The van der Waals surface area contributed by atoms with Gasteiger partial charge in [0.15, 0.2) is 9.84 Å². The minimum Gasteiger partial charge on any atom is -0.480 e. The molecule has 2 aliphatic heterocycles. The van der Waals surface area contributed by atoms with E-state index in [1.807, 2.05) is 0 Å². The third-order valence-corrected chi connectivity index (χ3v) is 5.92. The molecule has 0 bridgehead atoms. The Hall–Kier alpha value is -1.31. The maximum absolute atomic E-state index is 12.2. The van der Waals surface area contributed by atoms with Gasteiger partial charge in [-0.05, 0) is 32.6 Å². The van der Waals surface area contributed by atoms with E-state index in [-0.39, 0.29) is 11.5 Å². The molecule has 7 nitrogen and oxygen atoms in total. The number of likely N-dealkylation sites (tertiary alicyclic amines) is 1.